The van der Waals surface area contributed by atoms with Gasteiger partial charge in [-0.1, -0.05) is 55.3 Å². The highest BCUT2D eigenvalue weighted by molar-refractivity contribution is 6.02. The number of allylic oxidation sites excluding steroid dienone is 1. The summed E-state index contributed by atoms with van der Waals surface area (Å²) in [6, 6.07) is 19.7. The summed E-state index contributed by atoms with van der Waals surface area (Å²) >= 11 is 0. The maximum Gasteiger partial charge on any atom is 0.123 e. The molecule has 3 rings (SSSR count). The lowest BCUT2D eigenvalue weighted by Gasteiger charge is -2.18. The molecule has 0 saturated heterocycles. The van der Waals surface area contributed by atoms with Gasteiger partial charge in [-0.2, -0.15) is 0 Å². The minimum atomic E-state index is -0.249. The van der Waals surface area contributed by atoms with Crippen LogP contribution in [0.3, 0.4) is 0 Å². The molecule has 0 aliphatic carbocycles. The highest BCUT2D eigenvalue weighted by Gasteiger charge is 2.15. The normalized spacial score (nSPS) is 12.9. The minimum absolute atomic E-state index is 0.249. The zero-order valence-electron chi connectivity index (χ0n) is 24.6. The second-order valence-corrected chi connectivity index (χ2v) is 10.7. The standard InChI is InChI=1S/C35H44FN3/c1-8-28-21-25(4)13-20-32(28)27(6)22-34(37-7)29-15-14-26(5)33(23-29)39-35(12-10-9-11-24(2)3)38-31-18-16-30(36)17-19-31/h13-21,23,27H,2,8-12,22H2,1,3-7H3,(H,38,39). The number of nitrogens with one attached hydrogen (secondary N) is 1. The van der Waals surface area contributed by atoms with E-state index in [0.29, 0.717) is 5.92 Å². The van der Waals surface area contributed by atoms with Gasteiger partial charge in [-0.15, -0.1) is 6.58 Å². The molecular weight excluding hydrogens is 481 g/mol. The summed E-state index contributed by atoms with van der Waals surface area (Å²) in [6.45, 7) is 14.8. The molecule has 1 atom stereocenters. The topological polar surface area (TPSA) is 36.8 Å². The van der Waals surface area contributed by atoms with Gasteiger partial charge >= 0.3 is 0 Å². The molecule has 3 aromatic rings. The molecule has 0 heterocycles. The summed E-state index contributed by atoms with van der Waals surface area (Å²) in [5.41, 5.74) is 10.4. The van der Waals surface area contributed by atoms with Gasteiger partial charge in [-0.05, 0) is 111 Å². The van der Waals surface area contributed by atoms with Crippen molar-refractivity contribution in [1.29, 1.82) is 0 Å². The number of anilines is 1. The Morgan fingerprint density at radius 2 is 1.69 bits per heavy atom. The van der Waals surface area contributed by atoms with Gasteiger partial charge < -0.3 is 5.32 Å². The molecule has 39 heavy (non-hydrogen) atoms. The van der Waals surface area contributed by atoms with E-state index in [1.807, 2.05) is 7.05 Å². The molecule has 1 unspecified atom stereocenters. The van der Waals surface area contributed by atoms with Crippen molar-refractivity contribution in [3.8, 4) is 0 Å². The summed E-state index contributed by atoms with van der Waals surface area (Å²) in [5, 5.41) is 3.43. The van der Waals surface area contributed by atoms with E-state index in [1.54, 1.807) is 12.1 Å². The quantitative estimate of drug-likeness (QED) is 0.109. The van der Waals surface area contributed by atoms with Crippen LogP contribution in [0.5, 0.6) is 0 Å². The van der Waals surface area contributed by atoms with Crippen LogP contribution >= 0.6 is 0 Å². The Balaban J connectivity index is 1.87. The molecule has 0 aliphatic rings. The third-order valence-electron chi connectivity index (χ3n) is 7.18. The maximum absolute atomic E-state index is 13.5. The fourth-order valence-electron chi connectivity index (χ4n) is 4.88. The number of aliphatic imine (C=N–C) groups is 2. The first-order valence-electron chi connectivity index (χ1n) is 14.1. The number of hydrogen-bond acceptors (Lipinski definition) is 2. The maximum atomic E-state index is 13.5. The Morgan fingerprint density at radius 1 is 0.974 bits per heavy atom. The van der Waals surface area contributed by atoms with Crippen LogP contribution in [0.4, 0.5) is 15.8 Å². The fraction of sp³-hybridized carbons (Fsp3) is 0.371. The van der Waals surface area contributed by atoms with Crippen LogP contribution in [-0.2, 0) is 6.42 Å². The monoisotopic (exact) mass is 525 g/mol. The lowest BCUT2D eigenvalue weighted by Crippen LogP contribution is -2.12. The molecule has 3 nitrogen and oxygen atoms in total. The van der Waals surface area contributed by atoms with Crippen molar-refractivity contribution in [3.05, 3.63) is 106 Å². The molecule has 0 amide bonds. The van der Waals surface area contributed by atoms with E-state index in [-0.39, 0.29) is 5.82 Å². The summed E-state index contributed by atoms with van der Waals surface area (Å²) in [5.74, 6) is 0.983. The highest BCUT2D eigenvalue weighted by atomic mass is 19.1. The van der Waals surface area contributed by atoms with Gasteiger partial charge in [0.05, 0.1) is 5.69 Å². The molecule has 0 aromatic heterocycles. The van der Waals surface area contributed by atoms with Crippen LogP contribution in [0.15, 0.2) is 82.8 Å². The number of rotatable bonds is 12. The van der Waals surface area contributed by atoms with Crippen LogP contribution in [0.1, 0.15) is 86.6 Å². The van der Waals surface area contributed by atoms with E-state index < -0.39 is 0 Å². The summed E-state index contributed by atoms with van der Waals surface area (Å²) in [4.78, 5) is 9.79. The van der Waals surface area contributed by atoms with Gasteiger partial charge in [0.15, 0.2) is 0 Å². The summed E-state index contributed by atoms with van der Waals surface area (Å²) in [7, 11) is 1.88. The van der Waals surface area contributed by atoms with Gasteiger partial charge in [-0.3, -0.25) is 4.99 Å². The van der Waals surface area contributed by atoms with Crippen LogP contribution < -0.4 is 5.32 Å². The largest absolute Gasteiger partial charge is 0.344 e. The number of hydrogen-bond donors (Lipinski definition) is 1. The molecule has 206 valence electrons. The number of aryl methyl sites for hydroxylation is 3. The predicted octanol–water partition coefficient (Wildman–Crippen LogP) is 9.90. The zero-order chi connectivity index (χ0) is 28.4. The Labute approximate surface area is 235 Å². The average molecular weight is 526 g/mol. The number of amidine groups is 1. The molecular formula is C35H44FN3. The first-order valence-corrected chi connectivity index (χ1v) is 14.1. The van der Waals surface area contributed by atoms with E-state index in [4.69, 9.17) is 9.98 Å². The Hall–Kier alpha value is -3.53. The van der Waals surface area contributed by atoms with Crippen molar-refractivity contribution < 1.29 is 4.39 Å². The molecule has 4 heteroatoms. The molecule has 0 saturated carbocycles. The van der Waals surface area contributed by atoms with Crippen molar-refractivity contribution in [2.45, 2.75) is 79.1 Å². The molecule has 3 aromatic carbocycles. The Morgan fingerprint density at radius 3 is 2.36 bits per heavy atom. The third kappa shape index (κ3) is 9.02. The smallest absolute Gasteiger partial charge is 0.123 e. The SMILES string of the molecule is C=C(C)CCCCC(=Nc1cc(C(CC(C)c2ccc(C)cc2CC)=NC)ccc1C)Nc1ccc(F)cc1. The Bertz CT molecular complexity index is 1320. The van der Waals surface area contributed by atoms with Crippen molar-refractivity contribution >= 4 is 22.9 Å². The summed E-state index contributed by atoms with van der Waals surface area (Å²) < 4.78 is 13.5. The molecule has 0 spiro atoms. The average Bonchev–Trinajstić information content (AvgIpc) is 2.91. The predicted molar refractivity (Wildman–Crippen MR) is 168 cm³/mol. The van der Waals surface area contributed by atoms with Crippen LogP contribution in [0.2, 0.25) is 0 Å². The fourth-order valence-corrected chi connectivity index (χ4v) is 4.88. The summed E-state index contributed by atoms with van der Waals surface area (Å²) in [6.07, 6.45) is 5.75. The highest BCUT2D eigenvalue weighted by Crippen LogP contribution is 2.29. The van der Waals surface area contributed by atoms with E-state index in [1.165, 1.54) is 34.4 Å². The minimum Gasteiger partial charge on any atom is -0.344 e. The van der Waals surface area contributed by atoms with Crippen molar-refractivity contribution in [1.82, 2.24) is 0 Å². The molecule has 0 aliphatic heterocycles. The second-order valence-electron chi connectivity index (χ2n) is 10.7. The molecule has 1 N–H and O–H groups in total. The van der Waals surface area contributed by atoms with Crippen LogP contribution in [0.25, 0.3) is 0 Å². The van der Waals surface area contributed by atoms with Crippen LogP contribution in [0, 0.1) is 19.7 Å². The molecule has 0 fully saturated rings. The number of unbranched alkanes of at least 4 members (excludes halogenated alkanes) is 1. The number of halogens is 1. The van der Waals surface area contributed by atoms with Crippen molar-refractivity contribution in [2.24, 2.45) is 9.98 Å². The van der Waals surface area contributed by atoms with Gasteiger partial charge in [-0.25, -0.2) is 9.38 Å². The first kappa shape index (κ1) is 30.0. The van der Waals surface area contributed by atoms with Gasteiger partial charge in [0, 0.05) is 24.9 Å². The Kier molecular flexibility index (Phi) is 11.2. The van der Waals surface area contributed by atoms with Gasteiger partial charge in [0.2, 0.25) is 0 Å². The number of benzene rings is 3. The molecule has 0 bridgehead atoms. The lowest BCUT2D eigenvalue weighted by atomic mass is 9.88. The van der Waals surface area contributed by atoms with Crippen molar-refractivity contribution in [3.63, 3.8) is 0 Å². The zero-order valence-corrected chi connectivity index (χ0v) is 24.6. The first-order chi connectivity index (χ1) is 18.7. The lowest BCUT2D eigenvalue weighted by molar-refractivity contribution is 0.628. The van der Waals surface area contributed by atoms with E-state index in [9.17, 15) is 4.39 Å². The third-order valence-corrected chi connectivity index (χ3v) is 7.18. The van der Waals surface area contributed by atoms with Crippen LogP contribution in [-0.4, -0.2) is 18.6 Å². The second kappa shape index (κ2) is 14.6. The van der Waals surface area contributed by atoms with E-state index in [2.05, 4.69) is 82.9 Å². The van der Waals surface area contributed by atoms with Crippen molar-refractivity contribution in [2.75, 3.05) is 12.4 Å². The van der Waals surface area contributed by atoms with Gasteiger partial charge in [0.1, 0.15) is 11.7 Å². The van der Waals surface area contributed by atoms with E-state index in [0.717, 1.165) is 72.6 Å². The van der Waals surface area contributed by atoms with Gasteiger partial charge in [0.25, 0.3) is 0 Å². The molecule has 0 radical (unpaired) electrons. The van der Waals surface area contributed by atoms with E-state index >= 15 is 0 Å². The number of nitrogens with zero attached hydrogens (tertiary/aromatic N) is 2.